The van der Waals surface area contributed by atoms with Gasteiger partial charge in [-0.15, -0.1) is 0 Å². The van der Waals surface area contributed by atoms with Crippen LogP contribution in [-0.4, -0.2) is 15.0 Å². The fraction of sp³-hybridized carbons (Fsp3) is 0.105. The van der Waals surface area contributed by atoms with Gasteiger partial charge in [-0.25, -0.2) is 9.78 Å². The van der Waals surface area contributed by atoms with Crippen LogP contribution in [0.2, 0.25) is 5.02 Å². The van der Waals surface area contributed by atoms with E-state index in [1.807, 2.05) is 38.1 Å². The molecule has 0 aliphatic carbocycles. The van der Waals surface area contributed by atoms with Gasteiger partial charge in [-0.3, -0.25) is 4.98 Å². The Bertz CT molecular complexity index is 1200. The van der Waals surface area contributed by atoms with E-state index in [4.69, 9.17) is 16.0 Å². The number of anilines is 4. The van der Waals surface area contributed by atoms with Crippen LogP contribution in [-0.2, 0) is 0 Å². The van der Waals surface area contributed by atoms with Gasteiger partial charge < -0.3 is 15.1 Å². The number of hydrogen-bond donors (Lipinski definition) is 3. The van der Waals surface area contributed by atoms with Crippen molar-refractivity contribution in [1.82, 2.24) is 15.0 Å². The lowest BCUT2D eigenvalue weighted by Crippen LogP contribution is -2.03. The van der Waals surface area contributed by atoms with Crippen LogP contribution in [0.5, 0.6) is 0 Å². The van der Waals surface area contributed by atoms with Crippen molar-refractivity contribution in [1.29, 1.82) is 0 Å². The summed E-state index contributed by atoms with van der Waals surface area (Å²) < 4.78 is 5.02. The highest BCUT2D eigenvalue weighted by molar-refractivity contribution is 6.33. The number of H-pyrrole nitrogens is 1. The molecule has 0 atom stereocenters. The fourth-order valence-corrected chi connectivity index (χ4v) is 2.82. The van der Waals surface area contributed by atoms with Crippen LogP contribution in [0.3, 0.4) is 0 Å². The molecular formula is C19H16ClN5O2. The first-order valence-corrected chi connectivity index (χ1v) is 8.62. The first-order valence-electron chi connectivity index (χ1n) is 8.25. The second kappa shape index (κ2) is 6.77. The van der Waals surface area contributed by atoms with Gasteiger partial charge in [0.15, 0.2) is 5.58 Å². The molecule has 0 amide bonds. The lowest BCUT2D eigenvalue weighted by molar-refractivity contribution is 0.555. The van der Waals surface area contributed by atoms with Crippen LogP contribution < -0.4 is 16.4 Å². The molecule has 0 saturated heterocycles. The lowest BCUT2D eigenvalue weighted by Gasteiger charge is -2.12. The number of rotatable bonds is 4. The Balaban J connectivity index is 1.63. The summed E-state index contributed by atoms with van der Waals surface area (Å²) in [6, 6.07) is 11.0. The number of oxazole rings is 1. The third-order valence-electron chi connectivity index (χ3n) is 4.02. The molecule has 0 aliphatic heterocycles. The summed E-state index contributed by atoms with van der Waals surface area (Å²) in [6.07, 6.45) is 1.72. The van der Waals surface area contributed by atoms with Crippen molar-refractivity contribution >= 4 is 45.8 Å². The molecule has 0 spiro atoms. The summed E-state index contributed by atoms with van der Waals surface area (Å²) in [7, 11) is 0. The van der Waals surface area contributed by atoms with Crippen molar-refractivity contribution in [2.24, 2.45) is 0 Å². The van der Waals surface area contributed by atoms with Gasteiger partial charge in [0, 0.05) is 17.4 Å². The molecule has 2 heterocycles. The molecule has 2 aromatic heterocycles. The molecule has 27 heavy (non-hydrogen) atoms. The summed E-state index contributed by atoms with van der Waals surface area (Å²) in [5, 5.41) is 6.97. The smallest absolute Gasteiger partial charge is 0.408 e. The largest absolute Gasteiger partial charge is 0.417 e. The predicted octanol–water partition coefficient (Wildman–Crippen LogP) is 4.67. The third-order valence-corrected chi connectivity index (χ3v) is 4.35. The minimum absolute atomic E-state index is 0.424. The zero-order valence-electron chi connectivity index (χ0n) is 14.6. The molecule has 0 aliphatic rings. The van der Waals surface area contributed by atoms with E-state index in [1.54, 1.807) is 18.3 Å². The molecule has 4 aromatic rings. The molecule has 2 aromatic carbocycles. The van der Waals surface area contributed by atoms with Crippen molar-refractivity contribution < 1.29 is 4.42 Å². The van der Waals surface area contributed by atoms with E-state index < -0.39 is 5.76 Å². The van der Waals surface area contributed by atoms with Crippen LogP contribution in [0, 0.1) is 13.8 Å². The molecule has 136 valence electrons. The predicted molar refractivity (Wildman–Crippen MR) is 106 cm³/mol. The standard InChI is InChI=1S/C19H16ClN5O2/c1-10-3-5-13(20)14(7-10)23-18-21-9-11(2)17(25-18)22-12-4-6-16-15(8-12)24-19(26)27-16/h3-9H,1-2H3,(H,24,26)(H2,21,22,23,25). The SMILES string of the molecule is Cc1ccc(Cl)c(Nc2ncc(C)c(Nc3ccc4oc(=O)[nH]c4c3)n2)c1. The Morgan fingerprint density at radius 2 is 1.96 bits per heavy atom. The molecule has 0 fully saturated rings. The van der Waals surface area contributed by atoms with Gasteiger partial charge in [0.25, 0.3) is 0 Å². The number of hydrogen-bond acceptors (Lipinski definition) is 6. The molecule has 0 bridgehead atoms. The lowest BCUT2D eigenvalue weighted by atomic mass is 10.2. The summed E-state index contributed by atoms with van der Waals surface area (Å²) in [6.45, 7) is 3.89. The maximum atomic E-state index is 11.3. The average Bonchev–Trinajstić information content (AvgIpc) is 3.00. The monoisotopic (exact) mass is 381 g/mol. The quantitative estimate of drug-likeness (QED) is 0.475. The number of nitrogens with zero attached hydrogens (tertiary/aromatic N) is 2. The molecule has 3 N–H and O–H groups in total. The fourth-order valence-electron chi connectivity index (χ4n) is 2.65. The van der Waals surface area contributed by atoms with Crippen molar-refractivity contribution in [3.8, 4) is 0 Å². The number of nitrogens with one attached hydrogen (secondary N) is 3. The first kappa shape index (κ1) is 17.1. The van der Waals surface area contributed by atoms with Crippen molar-refractivity contribution in [2.45, 2.75) is 13.8 Å². The minimum Gasteiger partial charge on any atom is -0.408 e. The van der Waals surface area contributed by atoms with E-state index in [1.165, 1.54) is 0 Å². The van der Waals surface area contributed by atoms with Crippen molar-refractivity contribution in [3.63, 3.8) is 0 Å². The summed E-state index contributed by atoms with van der Waals surface area (Å²) in [5.41, 5.74) is 4.57. The normalized spacial score (nSPS) is 10.9. The zero-order valence-corrected chi connectivity index (χ0v) is 15.4. The van der Waals surface area contributed by atoms with Gasteiger partial charge in [0.1, 0.15) is 5.82 Å². The van der Waals surface area contributed by atoms with Gasteiger partial charge in [0.2, 0.25) is 5.95 Å². The molecule has 7 nitrogen and oxygen atoms in total. The van der Waals surface area contributed by atoms with E-state index in [9.17, 15) is 4.79 Å². The molecular weight excluding hydrogens is 366 g/mol. The van der Waals surface area contributed by atoms with Crippen molar-refractivity contribution in [2.75, 3.05) is 10.6 Å². The third kappa shape index (κ3) is 3.63. The van der Waals surface area contributed by atoms with Gasteiger partial charge in [-0.1, -0.05) is 17.7 Å². The van der Waals surface area contributed by atoms with E-state index in [0.717, 1.165) is 22.5 Å². The summed E-state index contributed by atoms with van der Waals surface area (Å²) in [4.78, 5) is 22.8. The highest BCUT2D eigenvalue weighted by Gasteiger charge is 2.08. The molecule has 4 rings (SSSR count). The number of fused-ring (bicyclic) bond motifs is 1. The summed E-state index contributed by atoms with van der Waals surface area (Å²) in [5.74, 6) is 0.580. The second-order valence-corrected chi connectivity index (χ2v) is 6.59. The molecule has 0 unspecified atom stereocenters. The Hall–Kier alpha value is -3.32. The van der Waals surface area contributed by atoms with E-state index in [-0.39, 0.29) is 0 Å². The number of aryl methyl sites for hydroxylation is 2. The zero-order chi connectivity index (χ0) is 19.0. The number of halogens is 1. The molecule has 0 saturated carbocycles. The first-order chi connectivity index (χ1) is 13.0. The Morgan fingerprint density at radius 1 is 1.11 bits per heavy atom. The maximum absolute atomic E-state index is 11.3. The minimum atomic E-state index is -0.484. The van der Waals surface area contributed by atoms with Gasteiger partial charge in [-0.2, -0.15) is 4.98 Å². The summed E-state index contributed by atoms with van der Waals surface area (Å²) >= 11 is 6.23. The topological polar surface area (TPSA) is 95.8 Å². The van der Waals surface area contributed by atoms with Crippen LogP contribution in [0.25, 0.3) is 11.1 Å². The highest BCUT2D eigenvalue weighted by Crippen LogP contribution is 2.27. The van der Waals surface area contributed by atoms with Gasteiger partial charge in [0.05, 0.1) is 16.2 Å². The Morgan fingerprint density at radius 3 is 2.81 bits per heavy atom. The number of aromatic nitrogens is 3. The number of benzene rings is 2. The van der Waals surface area contributed by atoms with E-state index in [2.05, 4.69) is 25.6 Å². The Kier molecular flexibility index (Phi) is 4.29. The van der Waals surface area contributed by atoms with Gasteiger partial charge >= 0.3 is 5.76 Å². The van der Waals surface area contributed by atoms with Gasteiger partial charge in [-0.05, 0) is 49.7 Å². The average molecular weight is 382 g/mol. The highest BCUT2D eigenvalue weighted by atomic mass is 35.5. The van der Waals surface area contributed by atoms with Crippen LogP contribution >= 0.6 is 11.6 Å². The number of aromatic amines is 1. The Labute approximate surface area is 159 Å². The molecule has 0 radical (unpaired) electrons. The van der Waals surface area contributed by atoms with E-state index >= 15 is 0 Å². The van der Waals surface area contributed by atoms with Crippen molar-refractivity contribution in [3.05, 3.63) is 69.3 Å². The van der Waals surface area contributed by atoms with Crippen LogP contribution in [0.15, 0.2) is 51.8 Å². The second-order valence-electron chi connectivity index (χ2n) is 6.18. The van der Waals surface area contributed by atoms with Crippen LogP contribution in [0.4, 0.5) is 23.1 Å². The molecule has 8 heteroatoms. The van der Waals surface area contributed by atoms with Crippen LogP contribution in [0.1, 0.15) is 11.1 Å². The van der Waals surface area contributed by atoms with E-state index in [0.29, 0.717) is 27.9 Å². The maximum Gasteiger partial charge on any atom is 0.417 e.